The first-order valence-corrected chi connectivity index (χ1v) is 7.75. The molecule has 128 valence electrons. The predicted molar refractivity (Wildman–Crippen MR) is 95.3 cm³/mol. The third-order valence-corrected chi connectivity index (χ3v) is 3.62. The highest BCUT2D eigenvalue weighted by atomic mass is 16.5. The Hall–Kier alpha value is -3.88. The summed E-state index contributed by atoms with van der Waals surface area (Å²) in [7, 11) is 1.84. The van der Waals surface area contributed by atoms with Crippen LogP contribution in [0.3, 0.4) is 0 Å². The number of anilines is 3. The van der Waals surface area contributed by atoms with Gasteiger partial charge in [-0.05, 0) is 24.3 Å². The smallest absolute Gasteiger partial charge is 0.259 e. The van der Waals surface area contributed by atoms with Crippen molar-refractivity contribution in [1.29, 1.82) is 0 Å². The zero-order valence-electron chi connectivity index (χ0n) is 13.8. The standard InChI is InChI=1S/C17H14N8O/c1-25(12-7-3-2-4-8-12)17-22-13(21-16(18)23-17)14-20-15(26-24-14)11-6-5-9-19-10-11/h2-10H,1H3,(H2,18,21,22,23). The van der Waals surface area contributed by atoms with Crippen LogP contribution in [0.4, 0.5) is 17.6 Å². The van der Waals surface area contributed by atoms with E-state index in [2.05, 4.69) is 30.1 Å². The molecule has 0 fully saturated rings. The SMILES string of the molecule is CN(c1ccccc1)c1nc(N)nc(-c2noc(-c3cccnc3)n2)n1. The Morgan fingerprint density at radius 2 is 1.77 bits per heavy atom. The van der Waals surface area contributed by atoms with Gasteiger partial charge in [-0.15, -0.1) is 0 Å². The summed E-state index contributed by atoms with van der Waals surface area (Å²) >= 11 is 0. The molecule has 0 aliphatic rings. The Bertz CT molecular complexity index is 1020. The van der Waals surface area contributed by atoms with E-state index in [1.54, 1.807) is 23.4 Å². The van der Waals surface area contributed by atoms with Gasteiger partial charge in [0.1, 0.15) is 0 Å². The van der Waals surface area contributed by atoms with Crippen LogP contribution < -0.4 is 10.6 Å². The van der Waals surface area contributed by atoms with Crippen LogP contribution in [0.15, 0.2) is 59.4 Å². The number of benzene rings is 1. The van der Waals surface area contributed by atoms with Gasteiger partial charge in [-0.3, -0.25) is 4.98 Å². The lowest BCUT2D eigenvalue weighted by Crippen LogP contribution is -2.15. The van der Waals surface area contributed by atoms with Gasteiger partial charge in [0.2, 0.25) is 23.5 Å². The molecule has 26 heavy (non-hydrogen) atoms. The maximum absolute atomic E-state index is 5.85. The van der Waals surface area contributed by atoms with Gasteiger partial charge < -0.3 is 15.2 Å². The second-order valence-corrected chi connectivity index (χ2v) is 5.38. The number of para-hydroxylation sites is 1. The van der Waals surface area contributed by atoms with Crippen molar-refractivity contribution in [2.24, 2.45) is 0 Å². The minimum Gasteiger partial charge on any atom is -0.368 e. The molecule has 1 aromatic carbocycles. The highest BCUT2D eigenvalue weighted by molar-refractivity contribution is 5.60. The van der Waals surface area contributed by atoms with Crippen molar-refractivity contribution in [3.05, 3.63) is 54.9 Å². The largest absolute Gasteiger partial charge is 0.368 e. The monoisotopic (exact) mass is 346 g/mol. The predicted octanol–water partition coefficient (Wildman–Crippen LogP) is 2.33. The summed E-state index contributed by atoms with van der Waals surface area (Å²) in [4.78, 5) is 22.9. The van der Waals surface area contributed by atoms with Gasteiger partial charge in [0.15, 0.2) is 0 Å². The summed E-state index contributed by atoms with van der Waals surface area (Å²) in [6, 6.07) is 13.3. The lowest BCUT2D eigenvalue weighted by atomic mass is 10.3. The highest BCUT2D eigenvalue weighted by Crippen LogP contribution is 2.23. The van der Waals surface area contributed by atoms with E-state index in [0.717, 1.165) is 5.69 Å². The van der Waals surface area contributed by atoms with E-state index in [-0.39, 0.29) is 17.6 Å². The van der Waals surface area contributed by atoms with Crippen LogP contribution in [0.2, 0.25) is 0 Å². The van der Waals surface area contributed by atoms with Crippen LogP contribution in [0, 0.1) is 0 Å². The van der Waals surface area contributed by atoms with Crippen LogP contribution in [0.25, 0.3) is 23.1 Å². The lowest BCUT2D eigenvalue weighted by Gasteiger charge is -2.17. The van der Waals surface area contributed by atoms with E-state index in [1.165, 1.54) is 0 Å². The summed E-state index contributed by atoms with van der Waals surface area (Å²) in [5.74, 6) is 1.23. The van der Waals surface area contributed by atoms with Crippen LogP contribution in [-0.2, 0) is 0 Å². The average Bonchev–Trinajstić information content (AvgIpc) is 3.19. The molecule has 0 saturated carbocycles. The average molecular weight is 346 g/mol. The molecule has 9 heteroatoms. The van der Waals surface area contributed by atoms with Gasteiger partial charge in [-0.2, -0.15) is 19.9 Å². The summed E-state index contributed by atoms with van der Waals surface area (Å²) in [5, 5.41) is 3.94. The molecule has 4 rings (SSSR count). The minimum absolute atomic E-state index is 0.0699. The van der Waals surface area contributed by atoms with Crippen LogP contribution in [-0.4, -0.2) is 37.1 Å². The molecule has 0 radical (unpaired) electrons. The summed E-state index contributed by atoms with van der Waals surface area (Å²) in [6.07, 6.45) is 3.30. The summed E-state index contributed by atoms with van der Waals surface area (Å²) < 4.78 is 5.27. The maximum Gasteiger partial charge on any atom is 0.259 e. The van der Waals surface area contributed by atoms with Crippen LogP contribution >= 0.6 is 0 Å². The molecule has 4 aromatic rings. The molecule has 0 aliphatic carbocycles. The van der Waals surface area contributed by atoms with Gasteiger partial charge in [-0.25, -0.2) is 0 Å². The van der Waals surface area contributed by atoms with E-state index in [9.17, 15) is 0 Å². The van der Waals surface area contributed by atoms with E-state index in [1.807, 2.05) is 43.4 Å². The van der Waals surface area contributed by atoms with E-state index < -0.39 is 0 Å². The zero-order valence-corrected chi connectivity index (χ0v) is 13.8. The third-order valence-electron chi connectivity index (χ3n) is 3.62. The molecular formula is C17H14N8O. The third kappa shape index (κ3) is 3.05. The molecule has 0 aliphatic heterocycles. The van der Waals surface area contributed by atoms with Crippen LogP contribution in [0.5, 0.6) is 0 Å². The summed E-state index contributed by atoms with van der Waals surface area (Å²) in [6.45, 7) is 0. The van der Waals surface area contributed by atoms with Gasteiger partial charge in [0.25, 0.3) is 5.89 Å². The van der Waals surface area contributed by atoms with Crippen molar-refractivity contribution >= 4 is 17.6 Å². The first kappa shape index (κ1) is 15.6. The second kappa shape index (κ2) is 6.55. The van der Waals surface area contributed by atoms with Crippen LogP contribution in [0.1, 0.15) is 0 Å². The van der Waals surface area contributed by atoms with Crippen molar-refractivity contribution in [2.75, 3.05) is 17.7 Å². The van der Waals surface area contributed by atoms with Gasteiger partial charge in [0.05, 0.1) is 5.56 Å². The fourth-order valence-electron chi connectivity index (χ4n) is 2.32. The number of hydrogen-bond donors (Lipinski definition) is 1. The molecule has 0 unspecified atom stereocenters. The molecule has 0 bridgehead atoms. The topological polar surface area (TPSA) is 120 Å². The minimum atomic E-state index is 0.0699. The highest BCUT2D eigenvalue weighted by Gasteiger charge is 2.17. The van der Waals surface area contributed by atoms with Crippen molar-refractivity contribution in [2.45, 2.75) is 0 Å². The Balaban J connectivity index is 1.70. The van der Waals surface area contributed by atoms with Crippen molar-refractivity contribution in [3.63, 3.8) is 0 Å². The fraction of sp³-hybridized carbons (Fsp3) is 0.0588. The molecule has 0 amide bonds. The molecule has 3 heterocycles. The van der Waals surface area contributed by atoms with Crippen molar-refractivity contribution in [3.8, 4) is 23.1 Å². The zero-order chi connectivity index (χ0) is 17.9. The van der Waals surface area contributed by atoms with E-state index in [4.69, 9.17) is 10.3 Å². The maximum atomic E-state index is 5.85. The normalized spacial score (nSPS) is 10.7. The number of nitrogen functional groups attached to an aromatic ring is 1. The number of aromatic nitrogens is 6. The van der Waals surface area contributed by atoms with Gasteiger partial charge >= 0.3 is 0 Å². The van der Waals surface area contributed by atoms with Gasteiger partial charge in [-0.1, -0.05) is 23.4 Å². The Morgan fingerprint density at radius 3 is 2.54 bits per heavy atom. The molecule has 0 saturated heterocycles. The first-order valence-electron chi connectivity index (χ1n) is 7.75. The lowest BCUT2D eigenvalue weighted by molar-refractivity contribution is 0.431. The van der Waals surface area contributed by atoms with E-state index in [0.29, 0.717) is 17.4 Å². The quantitative estimate of drug-likeness (QED) is 0.593. The molecule has 0 atom stereocenters. The van der Waals surface area contributed by atoms with E-state index >= 15 is 0 Å². The van der Waals surface area contributed by atoms with Crippen molar-refractivity contribution in [1.82, 2.24) is 30.1 Å². The Labute approximate surface area is 148 Å². The number of pyridine rings is 1. The number of nitrogens with two attached hydrogens (primary N) is 1. The summed E-state index contributed by atoms with van der Waals surface area (Å²) in [5.41, 5.74) is 7.46. The van der Waals surface area contributed by atoms with Crippen molar-refractivity contribution < 1.29 is 4.52 Å². The number of nitrogens with zero attached hydrogens (tertiary/aromatic N) is 7. The Morgan fingerprint density at radius 1 is 0.923 bits per heavy atom. The second-order valence-electron chi connectivity index (χ2n) is 5.38. The molecule has 3 aromatic heterocycles. The molecule has 0 spiro atoms. The molecule has 2 N–H and O–H groups in total. The molecular weight excluding hydrogens is 332 g/mol. The Kier molecular flexibility index (Phi) is 3.94. The first-order chi connectivity index (χ1) is 12.7. The number of hydrogen-bond acceptors (Lipinski definition) is 9. The van der Waals surface area contributed by atoms with Gasteiger partial charge in [0, 0.05) is 25.1 Å². The number of rotatable bonds is 4. The molecule has 9 nitrogen and oxygen atoms in total. The fourth-order valence-corrected chi connectivity index (χ4v) is 2.32.